The molecular weight excluding hydrogens is 1610 g/mol. The van der Waals surface area contributed by atoms with E-state index in [1.54, 1.807) is 0 Å². The number of para-hydroxylation sites is 9. The van der Waals surface area contributed by atoms with Crippen molar-refractivity contribution in [1.82, 2.24) is 29.9 Å². The van der Waals surface area contributed by atoms with Crippen LogP contribution < -0.4 is 0 Å². The molecule has 0 amide bonds. The maximum atomic E-state index is 6.29. The lowest BCUT2D eigenvalue weighted by Crippen LogP contribution is -1.96. The molecule has 0 spiro atoms. The van der Waals surface area contributed by atoms with E-state index < -0.39 is 0 Å². The lowest BCUT2D eigenvalue weighted by molar-refractivity contribution is 0.669. The van der Waals surface area contributed by atoms with Crippen molar-refractivity contribution in [3.63, 3.8) is 0 Å². The summed E-state index contributed by atoms with van der Waals surface area (Å²) in [6.07, 6.45) is 0. The number of thiophene rings is 1. The Hall–Kier alpha value is -17.2. The number of nitrogens with zero attached hydrogens (tertiary/aromatic N) is 6. The van der Waals surface area contributed by atoms with Crippen molar-refractivity contribution in [2.45, 2.75) is 0 Å². The van der Waals surface area contributed by atoms with Gasteiger partial charge in [0.1, 0.15) is 33.5 Å². The molecule has 0 saturated heterocycles. The van der Waals surface area contributed by atoms with Gasteiger partial charge >= 0.3 is 0 Å². The fourth-order valence-corrected chi connectivity index (χ4v) is 20.1. The summed E-state index contributed by atoms with van der Waals surface area (Å²) in [5.41, 5.74) is 31.5. The normalized spacial score (nSPS) is 11.7. The van der Waals surface area contributed by atoms with Gasteiger partial charge in [0.25, 0.3) is 0 Å². The van der Waals surface area contributed by atoms with Gasteiger partial charge in [0, 0.05) is 85.9 Å². The molecule has 0 aliphatic rings. The van der Waals surface area contributed by atoms with Gasteiger partial charge in [0.15, 0.2) is 0 Å². The first-order chi connectivity index (χ1) is 64.4. The second-order valence-corrected chi connectivity index (χ2v) is 34.1. The summed E-state index contributed by atoms with van der Waals surface area (Å²) >= 11 is 1.82. The third kappa shape index (κ3) is 13.4. The number of benzene rings is 20. The highest BCUT2D eigenvalue weighted by atomic mass is 32.1. The minimum Gasteiger partial charge on any atom is -0.456 e. The Labute approximate surface area is 749 Å². The molecule has 20 aromatic carbocycles. The maximum Gasteiger partial charge on any atom is 0.136 e. The van der Waals surface area contributed by atoms with Crippen molar-refractivity contribution < 1.29 is 13.3 Å². The van der Waals surface area contributed by atoms with Crippen molar-refractivity contribution in [3.05, 3.63) is 437 Å². The summed E-state index contributed by atoms with van der Waals surface area (Å²) in [5, 5.41) is 16.4. The highest BCUT2D eigenvalue weighted by Gasteiger charge is 2.24. The summed E-state index contributed by atoms with van der Waals surface area (Å²) in [7, 11) is 0. The van der Waals surface area contributed by atoms with E-state index in [-0.39, 0.29) is 0 Å². The average molecular weight is 1680 g/mol. The van der Waals surface area contributed by atoms with Gasteiger partial charge in [-0.1, -0.05) is 315 Å². The van der Waals surface area contributed by atoms with Crippen LogP contribution in [0.5, 0.6) is 0 Å². The largest absolute Gasteiger partial charge is 0.456 e. The molecule has 0 aliphatic carbocycles. The Morgan fingerprint density at radius 1 is 0.154 bits per heavy atom. The summed E-state index contributed by atoms with van der Waals surface area (Å²) in [4.78, 5) is 31.1. The van der Waals surface area contributed by atoms with E-state index in [0.29, 0.717) is 0 Å². The van der Waals surface area contributed by atoms with Crippen LogP contribution in [0.15, 0.2) is 450 Å². The van der Waals surface area contributed by atoms with E-state index in [1.165, 1.54) is 47.5 Å². The number of hydrogen-bond acceptors (Lipinski definition) is 10. The van der Waals surface area contributed by atoms with Gasteiger partial charge < -0.3 is 13.3 Å². The molecule has 0 saturated carbocycles. The predicted molar refractivity (Wildman–Crippen MR) is 540 cm³/mol. The van der Waals surface area contributed by atoms with Gasteiger partial charge in [-0.2, -0.15) is 0 Å². The van der Waals surface area contributed by atoms with Gasteiger partial charge in [0.2, 0.25) is 0 Å². The lowest BCUT2D eigenvalue weighted by Gasteiger charge is -2.14. The van der Waals surface area contributed by atoms with Crippen molar-refractivity contribution in [3.8, 4) is 112 Å². The van der Waals surface area contributed by atoms with Crippen LogP contribution in [0.25, 0.3) is 263 Å². The summed E-state index contributed by atoms with van der Waals surface area (Å²) in [6, 6.07) is 152. The minimum absolute atomic E-state index is 0.864. The molecular formula is C120H72N6O3S. The van der Waals surface area contributed by atoms with Crippen LogP contribution in [-0.2, 0) is 0 Å². The molecule has 0 aliphatic heterocycles. The SMILES string of the molecule is c1cc(-c2nc3ccccc3nc2-c2cccc3sc4ccccc4c23)cc(-c2cccc3cc4c(cc23)oc2ccccc24)c1.c1ccc(-c2ccc(-c3nc4ccccc4nc3-c3cccc(-c4cccc5cc6c(cc45)oc4ccccc46)c3)cc2)cc1.c1ccc(-c2nc3ccccc3nc2-c2cccc(-c3cccc4cc5c(cc34)oc3ccccc35)c2)cc1. The van der Waals surface area contributed by atoms with Gasteiger partial charge in [-0.05, 0) is 198 Å². The third-order valence-electron chi connectivity index (χ3n) is 25.2. The van der Waals surface area contributed by atoms with Crippen LogP contribution in [0.4, 0.5) is 0 Å². The number of aromatic nitrogens is 6. The zero-order valence-electron chi connectivity index (χ0n) is 69.9. The quantitative estimate of drug-likeness (QED) is 0.132. The summed E-state index contributed by atoms with van der Waals surface area (Å²) in [5.74, 6) is 0. The van der Waals surface area contributed by atoms with Crippen LogP contribution in [0, 0.1) is 0 Å². The smallest absolute Gasteiger partial charge is 0.136 e. The molecule has 606 valence electrons. The minimum atomic E-state index is 0.864. The summed E-state index contributed by atoms with van der Waals surface area (Å²) < 4.78 is 21.3. The Bertz CT molecular complexity index is 9220. The average Bonchev–Trinajstić information content (AvgIpc) is 1.49. The van der Waals surface area contributed by atoms with Gasteiger partial charge in [-0.15, -0.1) is 11.3 Å². The van der Waals surface area contributed by atoms with E-state index >= 15 is 0 Å². The highest BCUT2D eigenvalue weighted by Crippen LogP contribution is 2.47. The Morgan fingerprint density at radius 3 is 0.846 bits per heavy atom. The first-order valence-corrected chi connectivity index (χ1v) is 44.5. The van der Waals surface area contributed by atoms with Crippen LogP contribution in [-0.4, -0.2) is 29.9 Å². The van der Waals surface area contributed by atoms with E-state index in [9.17, 15) is 0 Å². The zero-order chi connectivity index (χ0) is 85.7. The van der Waals surface area contributed by atoms with Crippen molar-refractivity contribution >= 4 is 163 Å². The molecule has 0 unspecified atom stereocenters. The summed E-state index contributed by atoms with van der Waals surface area (Å²) in [6.45, 7) is 0. The predicted octanol–water partition coefficient (Wildman–Crippen LogP) is 33.1. The standard InChI is InChI=1S/C42H24N2OS.C42H26N2O.C36H22N2O/c1-5-19-36-29(13-1)33-23-26-11-8-15-28(32(26)24-37(33)45-36)25-10-7-12-27(22-25)41-42(44-35-18-4-3-17-34(35)43-41)31-16-9-21-39-40(31)30-14-2-6-20-38(30)46-39;1-2-10-27(11-3-1)28-20-22-29(23-21-28)41-42(44-38-18-6-5-17-37(38)43-41)32-14-8-12-30(24-32)33-16-9-13-31-25-36-34-15-4-7-19-39(34)45-40(36)26-35(31)33;1-2-10-23(11-3-1)35-36(38-32-18-6-5-17-31(32)37-35)26-14-8-12-24(20-26)27-16-9-13-25-21-30-28-15-4-7-19-33(28)39-34(30)22-29(25)27/h1-24H;1-26H;1-22H. The molecule has 0 bridgehead atoms. The van der Waals surface area contributed by atoms with Crippen molar-refractivity contribution in [1.29, 1.82) is 0 Å². The number of hydrogen-bond donors (Lipinski definition) is 0. The molecule has 27 aromatic rings. The van der Waals surface area contributed by atoms with Crippen LogP contribution >= 0.6 is 11.3 Å². The first kappa shape index (κ1) is 75.4. The van der Waals surface area contributed by atoms with Crippen molar-refractivity contribution in [2.24, 2.45) is 0 Å². The molecule has 7 aromatic heterocycles. The van der Waals surface area contributed by atoms with E-state index in [0.717, 1.165) is 216 Å². The fraction of sp³-hybridized carbons (Fsp3) is 0. The monoisotopic (exact) mass is 1680 g/mol. The highest BCUT2D eigenvalue weighted by molar-refractivity contribution is 7.26. The zero-order valence-corrected chi connectivity index (χ0v) is 70.7. The molecule has 0 radical (unpaired) electrons. The van der Waals surface area contributed by atoms with Crippen LogP contribution in [0.2, 0.25) is 0 Å². The molecule has 9 nitrogen and oxygen atoms in total. The molecule has 10 heteroatoms. The number of furan rings is 3. The van der Waals surface area contributed by atoms with Gasteiger partial charge in [-0.25, -0.2) is 29.9 Å². The van der Waals surface area contributed by atoms with E-state index in [4.69, 9.17) is 43.2 Å². The van der Waals surface area contributed by atoms with E-state index in [2.05, 4.69) is 303 Å². The second kappa shape index (κ2) is 31.5. The van der Waals surface area contributed by atoms with Crippen molar-refractivity contribution in [2.75, 3.05) is 0 Å². The molecule has 0 N–H and O–H groups in total. The Morgan fingerprint density at radius 2 is 0.431 bits per heavy atom. The Balaban J connectivity index is 0.000000106. The number of rotatable bonds is 10. The lowest BCUT2D eigenvalue weighted by atomic mass is 9.94. The van der Waals surface area contributed by atoms with Crippen LogP contribution in [0.3, 0.4) is 0 Å². The second-order valence-electron chi connectivity index (χ2n) is 33.0. The molecule has 27 rings (SSSR count). The van der Waals surface area contributed by atoms with Gasteiger partial charge in [-0.3, -0.25) is 0 Å². The Kier molecular flexibility index (Phi) is 18.3. The van der Waals surface area contributed by atoms with E-state index in [1.807, 2.05) is 145 Å². The van der Waals surface area contributed by atoms with Gasteiger partial charge in [0.05, 0.1) is 67.3 Å². The number of fused-ring (bicyclic) bond motifs is 18. The topological polar surface area (TPSA) is 117 Å². The third-order valence-corrected chi connectivity index (χ3v) is 26.3. The maximum absolute atomic E-state index is 6.29. The first-order valence-electron chi connectivity index (χ1n) is 43.7. The molecule has 130 heavy (non-hydrogen) atoms. The van der Waals surface area contributed by atoms with Crippen LogP contribution in [0.1, 0.15) is 0 Å². The molecule has 7 heterocycles. The fourth-order valence-electron chi connectivity index (χ4n) is 19.0. The molecule has 0 fully saturated rings. The molecule has 0 atom stereocenters.